The number of likely N-dealkylation sites (N-methyl/N-ethyl adjacent to an activating group) is 1. The molecule has 1 aromatic rings. The number of nitrogens with zero attached hydrogens (tertiary/aromatic N) is 3. The van der Waals surface area contributed by atoms with E-state index in [2.05, 4.69) is 15.7 Å². The number of carbonyl (C=O) groups is 1. The van der Waals surface area contributed by atoms with Gasteiger partial charge in [-0.2, -0.15) is 0 Å². The number of nitrogens with two attached hydrogens (primary N) is 1. The van der Waals surface area contributed by atoms with Crippen molar-refractivity contribution in [3.8, 4) is 0 Å². The summed E-state index contributed by atoms with van der Waals surface area (Å²) in [7, 11) is 1.55. The molecule has 1 unspecified atom stereocenters. The molecule has 114 valence electrons. The zero-order valence-electron chi connectivity index (χ0n) is 11.7. The van der Waals surface area contributed by atoms with Crippen LogP contribution in [0.2, 0.25) is 0 Å². The number of nitrogen functional groups attached to an aromatic ring is 1. The van der Waals surface area contributed by atoms with Crippen LogP contribution in [0.1, 0.15) is 19.3 Å². The molecule has 2 heterocycles. The van der Waals surface area contributed by atoms with Crippen molar-refractivity contribution in [2.45, 2.75) is 25.3 Å². The van der Waals surface area contributed by atoms with Gasteiger partial charge < -0.3 is 15.6 Å². The zero-order chi connectivity index (χ0) is 15.4. The van der Waals surface area contributed by atoms with Gasteiger partial charge in [-0.3, -0.25) is 14.9 Å². The lowest BCUT2D eigenvalue weighted by Gasteiger charge is -2.35. The molecule has 21 heavy (non-hydrogen) atoms. The van der Waals surface area contributed by atoms with Gasteiger partial charge in [0.15, 0.2) is 0 Å². The fourth-order valence-corrected chi connectivity index (χ4v) is 2.50. The average Bonchev–Trinajstić information content (AvgIpc) is 2.53. The minimum Gasteiger partial charge on any atom is -0.357 e. The minimum atomic E-state index is -0.502. The maximum Gasteiger partial charge on any atom is 0.311 e. The quantitative estimate of drug-likeness (QED) is 0.416. The SMILES string of the molecule is CNC(=O)C1CCCCN1c1nc(NN)ccc1[N+](=O)[O-]. The summed E-state index contributed by atoms with van der Waals surface area (Å²) in [5.74, 6) is 5.63. The van der Waals surface area contributed by atoms with E-state index in [1.165, 1.54) is 12.1 Å². The molecule has 9 nitrogen and oxygen atoms in total. The minimum absolute atomic E-state index is 0.134. The first-order valence-corrected chi connectivity index (χ1v) is 6.68. The molecule has 1 amide bonds. The van der Waals surface area contributed by atoms with Gasteiger partial charge in [-0.25, -0.2) is 10.8 Å². The molecular weight excluding hydrogens is 276 g/mol. The molecule has 1 fully saturated rings. The third-order valence-electron chi connectivity index (χ3n) is 3.52. The Hall–Kier alpha value is -2.42. The molecule has 4 N–H and O–H groups in total. The van der Waals surface area contributed by atoms with Gasteiger partial charge >= 0.3 is 5.69 Å². The molecule has 2 rings (SSSR count). The highest BCUT2D eigenvalue weighted by molar-refractivity contribution is 5.85. The fraction of sp³-hybridized carbons (Fsp3) is 0.500. The second-order valence-corrected chi connectivity index (χ2v) is 4.76. The summed E-state index contributed by atoms with van der Waals surface area (Å²) >= 11 is 0. The number of hydrogen-bond donors (Lipinski definition) is 3. The average molecular weight is 294 g/mol. The van der Waals surface area contributed by atoms with Crippen LogP contribution in [0.3, 0.4) is 0 Å². The van der Waals surface area contributed by atoms with Crippen molar-refractivity contribution in [2.75, 3.05) is 23.9 Å². The van der Waals surface area contributed by atoms with E-state index in [0.29, 0.717) is 18.8 Å². The van der Waals surface area contributed by atoms with Gasteiger partial charge in [0.2, 0.25) is 11.7 Å². The Labute approximate surface area is 121 Å². The van der Waals surface area contributed by atoms with Crippen molar-refractivity contribution in [1.29, 1.82) is 0 Å². The predicted molar refractivity (Wildman–Crippen MR) is 77.8 cm³/mol. The van der Waals surface area contributed by atoms with E-state index in [9.17, 15) is 14.9 Å². The Bertz CT molecular complexity index is 550. The van der Waals surface area contributed by atoms with Crippen LogP contribution in [0.15, 0.2) is 12.1 Å². The highest BCUT2D eigenvalue weighted by atomic mass is 16.6. The Kier molecular flexibility index (Phi) is 4.53. The number of piperidine rings is 1. The summed E-state index contributed by atoms with van der Waals surface area (Å²) in [5.41, 5.74) is 2.24. The molecule has 1 aliphatic rings. The molecule has 0 radical (unpaired) electrons. The Balaban J connectivity index is 2.45. The van der Waals surface area contributed by atoms with Gasteiger partial charge in [-0.05, 0) is 25.3 Å². The first-order chi connectivity index (χ1) is 10.1. The van der Waals surface area contributed by atoms with Gasteiger partial charge in [0, 0.05) is 19.7 Å². The number of hydrazine groups is 1. The number of nitro groups is 1. The molecule has 0 saturated carbocycles. The van der Waals surface area contributed by atoms with Crippen molar-refractivity contribution in [1.82, 2.24) is 10.3 Å². The van der Waals surface area contributed by atoms with Gasteiger partial charge in [-0.15, -0.1) is 0 Å². The largest absolute Gasteiger partial charge is 0.357 e. The van der Waals surface area contributed by atoms with Crippen LogP contribution in [0, 0.1) is 10.1 Å². The molecule has 0 spiro atoms. The summed E-state index contributed by atoms with van der Waals surface area (Å²) in [6.07, 6.45) is 2.39. The Morgan fingerprint density at radius 3 is 2.90 bits per heavy atom. The van der Waals surface area contributed by atoms with Crippen LogP contribution in [0.25, 0.3) is 0 Å². The molecule has 0 aliphatic carbocycles. The van der Waals surface area contributed by atoms with E-state index in [0.717, 1.165) is 12.8 Å². The monoisotopic (exact) mass is 294 g/mol. The number of nitrogens with one attached hydrogen (secondary N) is 2. The first kappa shape index (κ1) is 15.0. The number of hydrogen-bond acceptors (Lipinski definition) is 7. The second-order valence-electron chi connectivity index (χ2n) is 4.76. The number of anilines is 2. The summed E-state index contributed by atoms with van der Waals surface area (Å²) in [4.78, 5) is 28.5. The standard InChI is InChI=1S/C12H18N6O3/c1-14-12(19)9-4-2-3-7-17(9)11-8(18(20)21)5-6-10(15-11)16-13/h5-6,9H,2-4,7,13H2,1H3,(H,14,19)(H,15,16). The number of carbonyl (C=O) groups excluding carboxylic acids is 1. The third-order valence-corrected chi connectivity index (χ3v) is 3.52. The number of rotatable bonds is 4. The summed E-state index contributed by atoms with van der Waals surface area (Å²) in [6, 6.07) is 2.32. The van der Waals surface area contributed by atoms with Gasteiger partial charge in [-0.1, -0.05) is 0 Å². The number of amides is 1. The van der Waals surface area contributed by atoms with Crippen molar-refractivity contribution in [2.24, 2.45) is 5.84 Å². The van der Waals surface area contributed by atoms with Crippen molar-refractivity contribution in [3.63, 3.8) is 0 Å². The topological polar surface area (TPSA) is 126 Å². The van der Waals surface area contributed by atoms with Gasteiger partial charge in [0.1, 0.15) is 11.9 Å². The first-order valence-electron chi connectivity index (χ1n) is 6.68. The van der Waals surface area contributed by atoms with Crippen molar-refractivity contribution < 1.29 is 9.72 Å². The lowest BCUT2D eigenvalue weighted by Crippen LogP contribution is -2.49. The maximum absolute atomic E-state index is 12.0. The van der Waals surface area contributed by atoms with Gasteiger partial charge in [0.25, 0.3) is 0 Å². The van der Waals surface area contributed by atoms with Crippen LogP contribution in [0.5, 0.6) is 0 Å². The number of aromatic nitrogens is 1. The Morgan fingerprint density at radius 2 is 2.29 bits per heavy atom. The lowest BCUT2D eigenvalue weighted by atomic mass is 10.0. The van der Waals surface area contributed by atoms with E-state index in [4.69, 9.17) is 5.84 Å². The number of pyridine rings is 1. The molecule has 0 aromatic carbocycles. The van der Waals surface area contributed by atoms with E-state index < -0.39 is 11.0 Å². The predicted octanol–water partition coefficient (Wildman–Crippen LogP) is 0.380. The maximum atomic E-state index is 12.0. The molecule has 1 aromatic heterocycles. The van der Waals surface area contributed by atoms with E-state index in [-0.39, 0.29) is 17.4 Å². The van der Waals surface area contributed by atoms with Crippen molar-refractivity contribution in [3.05, 3.63) is 22.2 Å². The molecule has 1 saturated heterocycles. The van der Waals surface area contributed by atoms with E-state index >= 15 is 0 Å². The van der Waals surface area contributed by atoms with Gasteiger partial charge in [0.05, 0.1) is 4.92 Å². The summed E-state index contributed by atoms with van der Waals surface area (Å²) in [6.45, 7) is 0.542. The normalized spacial score (nSPS) is 18.2. The molecular formula is C12H18N6O3. The second kappa shape index (κ2) is 6.35. The highest BCUT2D eigenvalue weighted by Crippen LogP contribution is 2.32. The van der Waals surface area contributed by atoms with Crippen LogP contribution in [0.4, 0.5) is 17.3 Å². The summed E-state index contributed by atoms with van der Waals surface area (Å²) in [5, 5.41) is 13.8. The smallest absolute Gasteiger partial charge is 0.311 e. The Morgan fingerprint density at radius 1 is 1.52 bits per heavy atom. The molecule has 1 aliphatic heterocycles. The molecule has 1 atom stereocenters. The van der Waals surface area contributed by atoms with Crippen LogP contribution in [-0.2, 0) is 4.79 Å². The zero-order valence-corrected chi connectivity index (χ0v) is 11.7. The van der Waals surface area contributed by atoms with E-state index in [1.807, 2.05) is 0 Å². The molecule has 0 bridgehead atoms. The highest BCUT2D eigenvalue weighted by Gasteiger charge is 2.33. The summed E-state index contributed by atoms with van der Waals surface area (Å²) < 4.78 is 0. The van der Waals surface area contributed by atoms with Crippen molar-refractivity contribution >= 4 is 23.2 Å². The third kappa shape index (κ3) is 3.02. The van der Waals surface area contributed by atoms with Crippen LogP contribution in [-0.4, -0.2) is 35.4 Å². The van der Waals surface area contributed by atoms with E-state index in [1.54, 1.807) is 11.9 Å². The molecule has 9 heteroatoms. The fourth-order valence-electron chi connectivity index (χ4n) is 2.50. The lowest BCUT2D eigenvalue weighted by molar-refractivity contribution is -0.384. The van der Waals surface area contributed by atoms with Crippen LogP contribution >= 0.6 is 0 Å². The van der Waals surface area contributed by atoms with Crippen LogP contribution < -0.4 is 21.5 Å².